The largest absolute Gasteiger partial charge is 0.490 e. The zero-order valence-corrected chi connectivity index (χ0v) is 10.0. The quantitative estimate of drug-likeness (QED) is 0.835. The topological polar surface area (TPSA) is 44.2 Å². The molecule has 0 radical (unpaired) electrons. The lowest BCUT2D eigenvalue weighted by molar-refractivity contribution is 0.319. The van der Waals surface area contributed by atoms with Crippen LogP contribution in [0.15, 0.2) is 36.7 Å². The van der Waals surface area contributed by atoms with E-state index < -0.39 is 0 Å². The van der Waals surface area contributed by atoms with E-state index in [1.165, 1.54) is 12.4 Å². The number of hydrogen-bond donors (Lipinski definition) is 0. The monoisotopic (exact) mass is 250 g/mol. The van der Waals surface area contributed by atoms with Crippen molar-refractivity contribution in [3.63, 3.8) is 0 Å². The molecule has 0 bridgehead atoms. The Bertz CT molecular complexity index is 505. The van der Waals surface area contributed by atoms with Gasteiger partial charge in [0.05, 0.1) is 19.0 Å². The number of halogens is 1. The van der Waals surface area contributed by atoms with Crippen LogP contribution in [0.4, 0.5) is 0 Å². The van der Waals surface area contributed by atoms with Crippen molar-refractivity contribution >= 4 is 11.6 Å². The average molecular weight is 251 g/mol. The molecular formula is C12H11ClN2O2. The molecule has 88 valence electrons. The third kappa shape index (κ3) is 3.07. The normalized spacial score (nSPS) is 10.0. The second-order valence-electron chi connectivity index (χ2n) is 3.16. The molecule has 0 aliphatic rings. The molecule has 1 aromatic carbocycles. The predicted molar refractivity (Wildman–Crippen MR) is 64.7 cm³/mol. The lowest BCUT2D eigenvalue weighted by Crippen LogP contribution is -1.96. The zero-order chi connectivity index (χ0) is 12.1. The Labute approximate surface area is 104 Å². The summed E-state index contributed by atoms with van der Waals surface area (Å²) < 4.78 is 11.0. The molecule has 4 nitrogen and oxygen atoms in total. The van der Waals surface area contributed by atoms with Gasteiger partial charge < -0.3 is 9.47 Å². The molecule has 0 aliphatic heterocycles. The molecule has 2 aromatic rings. The van der Waals surface area contributed by atoms with Gasteiger partial charge in [-0.25, -0.2) is 0 Å². The van der Waals surface area contributed by atoms with Gasteiger partial charge in [0.25, 0.3) is 0 Å². The van der Waals surface area contributed by atoms with Crippen molar-refractivity contribution in [1.29, 1.82) is 0 Å². The van der Waals surface area contributed by atoms with Crippen LogP contribution in [0.25, 0.3) is 0 Å². The minimum absolute atomic E-state index is 0.288. The Hall–Kier alpha value is -1.81. The number of hydrogen-bond acceptors (Lipinski definition) is 4. The molecule has 2 rings (SSSR count). The van der Waals surface area contributed by atoms with Gasteiger partial charge in [-0.2, -0.15) is 4.98 Å². The highest BCUT2D eigenvalue weighted by Gasteiger charge is 2.06. The summed E-state index contributed by atoms with van der Waals surface area (Å²) in [7, 11) is 0. The maximum atomic E-state index is 5.73. The van der Waals surface area contributed by atoms with Crippen LogP contribution < -0.4 is 9.47 Å². The molecule has 0 saturated carbocycles. The molecule has 0 amide bonds. The van der Waals surface area contributed by atoms with Gasteiger partial charge in [-0.05, 0) is 19.1 Å². The molecule has 17 heavy (non-hydrogen) atoms. The standard InChI is InChI=1S/C12H11ClN2O2/c1-2-16-9-5-3-4-6-10(9)17-12-8-14-7-11(13)15-12/h3-8H,2H2,1H3. The van der Waals surface area contributed by atoms with E-state index in [1.54, 1.807) is 6.07 Å². The first-order valence-electron chi connectivity index (χ1n) is 5.17. The van der Waals surface area contributed by atoms with Gasteiger partial charge in [0.15, 0.2) is 16.7 Å². The van der Waals surface area contributed by atoms with Crippen molar-refractivity contribution in [2.75, 3.05) is 6.61 Å². The molecule has 0 fully saturated rings. The van der Waals surface area contributed by atoms with Crippen LogP contribution in [-0.2, 0) is 0 Å². The lowest BCUT2D eigenvalue weighted by Gasteiger charge is -2.10. The van der Waals surface area contributed by atoms with Gasteiger partial charge in [0.1, 0.15) is 0 Å². The first-order chi connectivity index (χ1) is 8.29. The fourth-order valence-electron chi connectivity index (χ4n) is 1.30. The Kier molecular flexibility index (Phi) is 3.77. The zero-order valence-electron chi connectivity index (χ0n) is 9.26. The highest BCUT2D eigenvalue weighted by atomic mass is 35.5. The van der Waals surface area contributed by atoms with Crippen LogP contribution in [0.2, 0.25) is 5.15 Å². The van der Waals surface area contributed by atoms with E-state index >= 15 is 0 Å². The fraction of sp³-hybridized carbons (Fsp3) is 0.167. The predicted octanol–water partition coefficient (Wildman–Crippen LogP) is 3.32. The van der Waals surface area contributed by atoms with E-state index in [1.807, 2.05) is 25.1 Å². The summed E-state index contributed by atoms with van der Waals surface area (Å²) in [6.45, 7) is 2.48. The van der Waals surface area contributed by atoms with Crippen LogP contribution in [0.5, 0.6) is 17.4 Å². The number of nitrogens with zero attached hydrogens (tertiary/aromatic N) is 2. The smallest absolute Gasteiger partial charge is 0.239 e. The summed E-state index contributed by atoms with van der Waals surface area (Å²) >= 11 is 5.73. The summed E-state index contributed by atoms with van der Waals surface area (Å²) in [5, 5.41) is 0.288. The van der Waals surface area contributed by atoms with Crippen LogP contribution >= 0.6 is 11.6 Å². The lowest BCUT2D eigenvalue weighted by atomic mass is 10.3. The summed E-state index contributed by atoms with van der Waals surface area (Å²) in [4.78, 5) is 7.89. The molecule has 0 unspecified atom stereocenters. The number of para-hydroxylation sites is 2. The Balaban J connectivity index is 2.23. The summed E-state index contributed by atoms with van der Waals surface area (Å²) in [6.07, 6.45) is 2.94. The molecular weight excluding hydrogens is 240 g/mol. The summed E-state index contributed by atoms with van der Waals surface area (Å²) in [6, 6.07) is 7.36. The summed E-state index contributed by atoms with van der Waals surface area (Å²) in [5.74, 6) is 1.59. The van der Waals surface area contributed by atoms with E-state index in [0.29, 0.717) is 24.0 Å². The van der Waals surface area contributed by atoms with Crippen molar-refractivity contribution in [3.05, 3.63) is 41.8 Å². The second-order valence-corrected chi connectivity index (χ2v) is 3.55. The molecule has 0 N–H and O–H groups in total. The van der Waals surface area contributed by atoms with Crippen molar-refractivity contribution in [2.24, 2.45) is 0 Å². The molecule has 5 heteroatoms. The van der Waals surface area contributed by atoms with Crippen molar-refractivity contribution < 1.29 is 9.47 Å². The van der Waals surface area contributed by atoms with Crippen LogP contribution in [0.3, 0.4) is 0 Å². The Morgan fingerprint density at radius 1 is 1.18 bits per heavy atom. The van der Waals surface area contributed by atoms with E-state index in [4.69, 9.17) is 21.1 Å². The maximum absolute atomic E-state index is 5.73. The minimum Gasteiger partial charge on any atom is -0.490 e. The van der Waals surface area contributed by atoms with Gasteiger partial charge in [-0.15, -0.1) is 0 Å². The van der Waals surface area contributed by atoms with E-state index in [-0.39, 0.29) is 5.15 Å². The highest BCUT2D eigenvalue weighted by molar-refractivity contribution is 6.29. The van der Waals surface area contributed by atoms with Crippen molar-refractivity contribution in [2.45, 2.75) is 6.92 Å². The number of rotatable bonds is 4. The van der Waals surface area contributed by atoms with E-state index in [9.17, 15) is 0 Å². The number of benzene rings is 1. The Morgan fingerprint density at radius 3 is 2.65 bits per heavy atom. The first-order valence-corrected chi connectivity index (χ1v) is 5.54. The Morgan fingerprint density at radius 2 is 1.94 bits per heavy atom. The van der Waals surface area contributed by atoms with Crippen molar-refractivity contribution in [1.82, 2.24) is 9.97 Å². The minimum atomic E-state index is 0.288. The van der Waals surface area contributed by atoms with Crippen LogP contribution in [0, 0.1) is 0 Å². The third-order valence-electron chi connectivity index (χ3n) is 1.95. The maximum Gasteiger partial charge on any atom is 0.239 e. The van der Waals surface area contributed by atoms with E-state index in [2.05, 4.69) is 9.97 Å². The first kappa shape index (κ1) is 11.7. The number of aromatic nitrogens is 2. The van der Waals surface area contributed by atoms with Crippen molar-refractivity contribution in [3.8, 4) is 17.4 Å². The molecule has 0 atom stereocenters. The average Bonchev–Trinajstić information content (AvgIpc) is 2.32. The molecule has 0 aliphatic carbocycles. The number of ether oxygens (including phenoxy) is 2. The van der Waals surface area contributed by atoms with Gasteiger partial charge >= 0.3 is 0 Å². The molecule has 0 spiro atoms. The van der Waals surface area contributed by atoms with E-state index in [0.717, 1.165) is 0 Å². The third-order valence-corrected chi connectivity index (χ3v) is 2.13. The van der Waals surface area contributed by atoms with Gasteiger partial charge in [-0.3, -0.25) is 4.98 Å². The molecule has 1 heterocycles. The van der Waals surface area contributed by atoms with Gasteiger partial charge in [0.2, 0.25) is 5.88 Å². The highest BCUT2D eigenvalue weighted by Crippen LogP contribution is 2.30. The van der Waals surface area contributed by atoms with Gasteiger partial charge in [-0.1, -0.05) is 23.7 Å². The second kappa shape index (κ2) is 5.50. The fourth-order valence-corrected chi connectivity index (χ4v) is 1.44. The van der Waals surface area contributed by atoms with Crippen LogP contribution in [0.1, 0.15) is 6.92 Å². The molecule has 0 saturated heterocycles. The SMILES string of the molecule is CCOc1ccccc1Oc1cncc(Cl)n1. The van der Waals surface area contributed by atoms with Gasteiger partial charge in [0, 0.05) is 0 Å². The molecule has 1 aromatic heterocycles. The van der Waals surface area contributed by atoms with Crippen LogP contribution in [-0.4, -0.2) is 16.6 Å². The summed E-state index contributed by atoms with van der Waals surface area (Å²) in [5.41, 5.74) is 0.